The van der Waals surface area contributed by atoms with Gasteiger partial charge < -0.3 is 15.4 Å². The lowest BCUT2D eigenvalue weighted by Gasteiger charge is -2.24. The third-order valence-corrected chi connectivity index (χ3v) is 3.22. The second-order valence-electron chi connectivity index (χ2n) is 5.59. The zero-order valence-corrected chi connectivity index (χ0v) is 12.6. The van der Waals surface area contributed by atoms with Crippen molar-refractivity contribution in [3.63, 3.8) is 0 Å². The molecule has 0 aliphatic carbocycles. The number of carbonyl (C=O) groups is 1. The Morgan fingerprint density at radius 3 is 2.39 bits per heavy atom. The van der Waals surface area contributed by atoms with Crippen molar-refractivity contribution >= 4 is 5.91 Å². The van der Waals surface area contributed by atoms with Crippen molar-refractivity contribution in [3.8, 4) is 0 Å². The van der Waals surface area contributed by atoms with Crippen LogP contribution in [-0.4, -0.2) is 38.8 Å². The Morgan fingerprint density at radius 1 is 1.28 bits per heavy atom. The van der Waals surface area contributed by atoms with E-state index in [-0.39, 0.29) is 11.3 Å². The number of ether oxygens (including phenoxy) is 1. The topological polar surface area (TPSA) is 50.4 Å². The molecule has 0 bridgehead atoms. The lowest BCUT2D eigenvalue weighted by atomic mass is 9.90. The Labute approximate surface area is 112 Å². The van der Waals surface area contributed by atoms with Crippen LogP contribution in [0, 0.1) is 5.41 Å². The molecule has 0 aromatic carbocycles. The van der Waals surface area contributed by atoms with E-state index in [0.29, 0.717) is 12.6 Å². The van der Waals surface area contributed by atoms with E-state index in [1.165, 1.54) is 0 Å². The molecule has 0 spiro atoms. The van der Waals surface area contributed by atoms with E-state index >= 15 is 0 Å². The zero-order chi connectivity index (χ0) is 14.0. The molecule has 0 saturated carbocycles. The lowest BCUT2D eigenvalue weighted by Crippen LogP contribution is -2.42. The van der Waals surface area contributed by atoms with E-state index in [0.717, 1.165) is 32.4 Å². The summed E-state index contributed by atoms with van der Waals surface area (Å²) >= 11 is 0. The number of methoxy groups -OCH3 is 1. The van der Waals surface area contributed by atoms with Crippen LogP contribution in [-0.2, 0) is 9.53 Å². The highest BCUT2D eigenvalue weighted by Crippen LogP contribution is 2.18. The minimum atomic E-state index is 0.0891. The van der Waals surface area contributed by atoms with E-state index in [4.69, 9.17) is 4.74 Å². The molecule has 0 aliphatic heterocycles. The van der Waals surface area contributed by atoms with E-state index in [1.54, 1.807) is 7.11 Å². The summed E-state index contributed by atoms with van der Waals surface area (Å²) in [7, 11) is 1.71. The van der Waals surface area contributed by atoms with Crippen LogP contribution in [0.25, 0.3) is 0 Å². The SMILES string of the molecule is CCC(CC)NC(=O)CNCC(C)(C)CCOC. The number of hydrogen-bond donors (Lipinski definition) is 2. The predicted octanol–water partition coefficient (Wildman–Crippen LogP) is 1.94. The second kappa shape index (κ2) is 9.34. The molecule has 0 unspecified atom stereocenters. The summed E-state index contributed by atoms with van der Waals surface area (Å²) in [6, 6.07) is 0.306. The molecule has 0 heterocycles. The fourth-order valence-corrected chi connectivity index (χ4v) is 1.75. The van der Waals surface area contributed by atoms with Gasteiger partial charge in [0.15, 0.2) is 0 Å². The molecule has 18 heavy (non-hydrogen) atoms. The number of nitrogens with one attached hydrogen (secondary N) is 2. The quantitative estimate of drug-likeness (QED) is 0.629. The van der Waals surface area contributed by atoms with Gasteiger partial charge in [-0.25, -0.2) is 0 Å². The molecular weight excluding hydrogens is 228 g/mol. The largest absolute Gasteiger partial charge is 0.385 e. The molecule has 0 fully saturated rings. The van der Waals surface area contributed by atoms with Gasteiger partial charge >= 0.3 is 0 Å². The van der Waals surface area contributed by atoms with Crippen molar-refractivity contribution in [2.24, 2.45) is 5.41 Å². The van der Waals surface area contributed by atoms with Crippen LogP contribution in [0.3, 0.4) is 0 Å². The second-order valence-corrected chi connectivity index (χ2v) is 5.59. The molecule has 0 aromatic rings. The Hall–Kier alpha value is -0.610. The molecule has 0 atom stereocenters. The van der Waals surface area contributed by atoms with E-state index in [9.17, 15) is 4.79 Å². The molecule has 0 rings (SSSR count). The van der Waals surface area contributed by atoms with Gasteiger partial charge in [0.2, 0.25) is 5.91 Å². The summed E-state index contributed by atoms with van der Waals surface area (Å²) in [5, 5.41) is 6.24. The average molecular weight is 258 g/mol. The van der Waals surface area contributed by atoms with Crippen LogP contribution < -0.4 is 10.6 Å². The summed E-state index contributed by atoms with van der Waals surface area (Å²) < 4.78 is 5.08. The first-order valence-corrected chi connectivity index (χ1v) is 6.94. The van der Waals surface area contributed by atoms with Crippen molar-refractivity contribution in [3.05, 3.63) is 0 Å². The lowest BCUT2D eigenvalue weighted by molar-refractivity contribution is -0.121. The number of amides is 1. The maximum absolute atomic E-state index is 11.7. The number of rotatable bonds is 10. The summed E-state index contributed by atoms with van der Waals surface area (Å²) in [5.74, 6) is 0.0891. The molecule has 4 nitrogen and oxygen atoms in total. The van der Waals surface area contributed by atoms with Crippen molar-refractivity contribution < 1.29 is 9.53 Å². The molecule has 0 saturated heterocycles. The van der Waals surface area contributed by atoms with Crippen LogP contribution in [0.5, 0.6) is 0 Å². The van der Waals surface area contributed by atoms with Gasteiger partial charge in [0.05, 0.1) is 6.54 Å². The molecule has 108 valence electrons. The van der Waals surface area contributed by atoms with E-state index in [2.05, 4.69) is 38.3 Å². The maximum atomic E-state index is 11.7. The fourth-order valence-electron chi connectivity index (χ4n) is 1.75. The van der Waals surface area contributed by atoms with Crippen LogP contribution >= 0.6 is 0 Å². The van der Waals surface area contributed by atoms with Gasteiger partial charge in [0, 0.05) is 26.3 Å². The molecule has 0 aliphatic rings. The number of hydrogen-bond acceptors (Lipinski definition) is 3. The summed E-state index contributed by atoms with van der Waals surface area (Å²) in [4.78, 5) is 11.7. The highest BCUT2D eigenvalue weighted by Gasteiger charge is 2.17. The first-order valence-electron chi connectivity index (χ1n) is 6.94. The van der Waals surface area contributed by atoms with Crippen molar-refractivity contribution in [2.75, 3.05) is 26.8 Å². The molecule has 0 aromatic heterocycles. The third-order valence-electron chi connectivity index (χ3n) is 3.22. The summed E-state index contributed by atoms with van der Waals surface area (Å²) in [5.41, 5.74) is 0.158. The van der Waals surface area contributed by atoms with Gasteiger partial charge in [-0.1, -0.05) is 27.7 Å². The number of carbonyl (C=O) groups excluding carboxylic acids is 1. The molecule has 1 amide bonds. The Balaban J connectivity index is 3.79. The smallest absolute Gasteiger partial charge is 0.234 e. The Kier molecular flexibility index (Phi) is 9.02. The van der Waals surface area contributed by atoms with Crippen LogP contribution in [0.2, 0.25) is 0 Å². The Morgan fingerprint density at radius 2 is 1.89 bits per heavy atom. The normalized spacial score (nSPS) is 11.9. The minimum absolute atomic E-state index is 0.0891. The Bertz CT molecular complexity index is 226. The standard InChI is InChI=1S/C14H30N2O2/c1-6-12(7-2)16-13(17)10-15-11-14(3,4)8-9-18-5/h12,15H,6-11H2,1-5H3,(H,16,17). The fraction of sp³-hybridized carbons (Fsp3) is 0.929. The van der Waals surface area contributed by atoms with Crippen molar-refractivity contribution in [2.45, 2.75) is 53.0 Å². The van der Waals surface area contributed by atoms with Gasteiger partial charge in [-0.2, -0.15) is 0 Å². The van der Waals surface area contributed by atoms with Gasteiger partial charge in [-0.15, -0.1) is 0 Å². The van der Waals surface area contributed by atoms with Gasteiger partial charge in [0.25, 0.3) is 0 Å². The van der Waals surface area contributed by atoms with E-state index < -0.39 is 0 Å². The highest BCUT2D eigenvalue weighted by molar-refractivity contribution is 5.78. The summed E-state index contributed by atoms with van der Waals surface area (Å²) in [6.07, 6.45) is 2.97. The van der Waals surface area contributed by atoms with Gasteiger partial charge in [0.1, 0.15) is 0 Å². The van der Waals surface area contributed by atoms with Crippen molar-refractivity contribution in [1.82, 2.24) is 10.6 Å². The summed E-state index contributed by atoms with van der Waals surface area (Å²) in [6.45, 7) is 10.5. The van der Waals surface area contributed by atoms with Gasteiger partial charge in [-0.05, 0) is 24.7 Å². The third kappa shape index (κ3) is 8.48. The van der Waals surface area contributed by atoms with Crippen LogP contribution in [0.4, 0.5) is 0 Å². The molecular formula is C14H30N2O2. The van der Waals surface area contributed by atoms with Crippen LogP contribution in [0.15, 0.2) is 0 Å². The predicted molar refractivity (Wildman–Crippen MR) is 75.7 cm³/mol. The van der Waals surface area contributed by atoms with E-state index in [1.807, 2.05) is 0 Å². The maximum Gasteiger partial charge on any atom is 0.234 e. The van der Waals surface area contributed by atoms with Crippen LogP contribution in [0.1, 0.15) is 47.0 Å². The first-order chi connectivity index (χ1) is 8.45. The zero-order valence-electron chi connectivity index (χ0n) is 12.6. The highest BCUT2D eigenvalue weighted by atomic mass is 16.5. The van der Waals surface area contributed by atoms with Crippen molar-refractivity contribution in [1.29, 1.82) is 0 Å². The monoisotopic (exact) mass is 258 g/mol. The molecule has 0 radical (unpaired) electrons. The van der Waals surface area contributed by atoms with Gasteiger partial charge in [-0.3, -0.25) is 4.79 Å². The minimum Gasteiger partial charge on any atom is -0.385 e. The average Bonchev–Trinajstić information content (AvgIpc) is 2.33. The molecule has 4 heteroatoms. The first kappa shape index (κ1) is 17.4. The molecule has 2 N–H and O–H groups in total.